The van der Waals surface area contributed by atoms with Gasteiger partial charge in [0.25, 0.3) is 5.91 Å². The summed E-state index contributed by atoms with van der Waals surface area (Å²) in [7, 11) is 0. The molecule has 1 fully saturated rings. The van der Waals surface area contributed by atoms with Crippen LogP contribution in [-0.2, 0) is 4.74 Å². The van der Waals surface area contributed by atoms with Crippen LogP contribution in [0.4, 0.5) is 5.69 Å². The van der Waals surface area contributed by atoms with Crippen molar-refractivity contribution in [2.75, 3.05) is 25.6 Å². The Morgan fingerprint density at radius 1 is 1.58 bits per heavy atom. The van der Waals surface area contributed by atoms with E-state index >= 15 is 0 Å². The fourth-order valence-electron chi connectivity index (χ4n) is 2.16. The second-order valence-corrected chi connectivity index (χ2v) is 4.54. The molecule has 0 saturated carbocycles. The summed E-state index contributed by atoms with van der Waals surface area (Å²) in [6.45, 7) is 3.68. The molecule has 1 aliphatic rings. The Bertz CT molecular complexity index is 442. The number of carbonyl (C=O) groups excluding carboxylic acids is 1. The van der Waals surface area contributed by atoms with Gasteiger partial charge in [0.05, 0.1) is 30.5 Å². The molecule has 1 unspecified atom stereocenters. The average Bonchev–Trinajstić information content (AvgIpc) is 2.42. The van der Waals surface area contributed by atoms with Crippen LogP contribution >= 0.6 is 0 Å². The van der Waals surface area contributed by atoms with Crippen LogP contribution in [0, 0.1) is 0 Å². The molecule has 1 heterocycles. The number of nitrogens with one attached hydrogen (secondary N) is 1. The summed E-state index contributed by atoms with van der Waals surface area (Å²) in [6, 6.07) is 5.27. The van der Waals surface area contributed by atoms with E-state index in [1.54, 1.807) is 18.2 Å². The first-order valence-corrected chi connectivity index (χ1v) is 6.62. The fourth-order valence-corrected chi connectivity index (χ4v) is 2.16. The van der Waals surface area contributed by atoms with E-state index in [2.05, 4.69) is 5.32 Å². The van der Waals surface area contributed by atoms with E-state index in [4.69, 9.17) is 15.2 Å². The Balaban J connectivity index is 2.11. The van der Waals surface area contributed by atoms with Gasteiger partial charge in [-0.3, -0.25) is 4.79 Å². The Hall–Kier alpha value is -1.75. The van der Waals surface area contributed by atoms with Crippen LogP contribution in [0.15, 0.2) is 18.2 Å². The zero-order chi connectivity index (χ0) is 13.7. The zero-order valence-corrected chi connectivity index (χ0v) is 11.1. The third kappa shape index (κ3) is 3.38. The van der Waals surface area contributed by atoms with Gasteiger partial charge in [-0.25, -0.2) is 0 Å². The van der Waals surface area contributed by atoms with E-state index in [0.29, 0.717) is 30.2 Å². The predicted octanol–water partition coefficient (Wildman–Crippen LogP) is 1.58. The lowest BCUT2D eigenvalue weighted by Gasteiger charge is -2.23. The van der Waals surface area contributed by atoms with Crippen molar-refractivity contribution in [2.24, 2.45) is 0 Å². The summed E-state index contributed by atoms with van der Waals surface area (Å²) in [5.74, 6) is 0.297. The first-order valence-electron chi connectivity index (χ1n) is 6.62. The molecule has 5 nitrogen and oxygen atoms in total. The Labute approximate surface area is 113 Å². The highest BCUT2D eigenvalue weighted by Crippen LogP contribution is 2.26. The van der Waals surface area contributed by atoms with E-state index in [1.165, 1.54) is 0 Å². The highest BCUT2D eigenvalue weighted by Gasteiger charge is 2.20. The smallest absolute Gasteiger partial charge is 0.255 e. The van der Waals surface area contributed by atoms with Crippen molar-refractivity contribution in [1.82, 2.24) is 5.32 Å². The number of hydrogen-bond acceptors (Lipinski definition) is 4. The van der Waals surface area contributed by atoms with Gasteiger partial charge in [0, 0.05) is 6.61 Å². The molecule has 0 aromatic heterocycles. The lowest BCUT2D eigenvalue weighted by Crippen LogP contribution is -2.40. The number of para-hydroxylation sites is 1. The predicted molar refractivity (Wildman–Crippen MR) is 73.3 cm³/mol. The molecule has 1 aromatic rings. The molecule has 5 heteroatoms. The number of hydrogen-bond donors (Lipinski definition) is 2. The molecule has 2 rings (SSSR count). The second kappa shape index (κ2) is 6.43. The number of benzene rings is 1. The quantitative estimate of drug-likeness (QED) is 0.810. The van der Waals surface area contributed by atoms with E-state index < -0.39 is 0 Å². The van der Waals surface area contributed by atoms with Crippen molar-refractivity contribution in [1.29, 1.82) is 0 Å². The summed E-state index contributed by atoms with van der Waals surface area (Å²) in [4.78, 5) is 12.3. The van der Waals surface area contributed by atoms with Crippen LogP contribution in [0.5, 0.6) is 5.75 Å². The topological polar surface area (TPSA) is 73.6 Å². The zero-order valence-electron chi connectivity index (χ0n) is 11.1. The van der Waals surface area contributed by atoms with Crippen molar-refractivity contribution in [3.8, 4) is 5.75 Å². The third-order valence-electron chi connectivity index (χ3n) is 3.07. The Morgan fingerprint density at radius 3 is 3.11 bits per heavy atom. The van der Waals surface area contributed by atoms with Crippen LogP contribution in [0.3, 0.4) is 0 Å². The fraction of sp³-hybridized carbons (Fsp3) is 0.500. The maximum atomic E-state index is 12.3. The highest BCUT2D eigenvalue weighted by molar-refractivity contribution is 5.98. The largest absolute Gasteiger partial charge is 0.491 e. The molecular formula is C14H20N2O3. The van der Waals surface area contributed by atoms with Gasteiger partial charge >= 0.3 is 0 Å². The Morgan fingerprint density at radius 2 is 2.42 bits per heavy atom. The summed E-state index contributed by atoms with van der Waals surface area (Å²) in [5.41, 5.74) is 6.81. The molecule has 0 aliphatic carbocycles. The summed E-state index contributed by atoms with van der Waals surface area (Å²) in [5, 5.41) is 2.96. The van der Waals surface area contributed by atoms with Gasteiger partial charge in [-0.1, -0.05) is 6.07 Å². The minimum atomic E-state index is -0.161. The molecule has 1 atom stereocenters. The third-order valence-corrected chi connectivity index (χ3v) is 3.07. The second-order valence-electron chi connectivity index (χ2n) is 4.54. The summed E-state index contributed by atoms with van der Waals surface area (Å²) in [6.07, 6.45) is 1.91. The number of rotatable bonds is 4. The summed E-state index contributed by atoms with van der Waals surface area (Å²) < 4.78 is 10.8. The molecule has 19 heavy (non-hydrogen) atoms. The SMILES string of the molecule is CCOc1c(N)cccc1C(=O)NC1CCCOC1. The van der Waals surface area contributed by atoms with Gasteiger partial charge in [0.2, 0.25) is 0 Å². The normalized spacial score (nSPS) is 18.9. The van der Waals surface area contributed by atoms with Crippen LogP contribution in [0.1, 0.15) is 30.1 Å². The number of nitrogen functional groups attached to an aromatic ring is 1. The van der Waals surface area contributed by atoms with Crippen molar-refractivity contribution in [3.63, 3.8) is 0 Å². The van der Waals surface area contributed by atoms with Crippen LogP contribution in [0.25, 0.3) is 0 Å². The number of nitrogens with two attached hydrogens (primary N) is 1. The number of ether oxygens (including phenoxy) is 2. The van der Waals surface area contributed by atoms with Crippen molar-refractivity contribution < 1.29 is 14.3 Å². The van der Waals surface area contributed by atoms with Crippen LogP contribution in [0.2, 0.25) is 0 Å². The van der Waals surface area contributed by atoms with Gasteiger partial charge in [-0.2, -0.15) is 0 Å². The van der Waals surface area contributed by atoms with Crippen LogP contribution in [-0.4, -0.2) is 31.8 Å². The molecule has 1 amide bonds. The molecule has 3 N–H and O–H groups in total. The van der Waals surface area contributed by atoms with Crippen molar-refractivity contribution >= 4 is 11.6 Å². The molecule has 0 bridgehead atoms. The van der Waals surface area contributed by atoms with Crippen molar-refractivity contribution in [3.05, 3.63) is 23.8 Å². The maximum absolute atomic E-state index is 12.3. The molecule has 1 saturated heterocycles. The lowest BCUT2D eigenvalue weighted by atomic mass is 10.1. The van der Waals surface area contributed by atoms with Gasteiger partial charge in [-0.05, 0) is 31.9 Å². The first-order chi connectivity index (χ1) is 9.22. The van der Waals surface area contributed by atoms with E-state index in [0.717, 1.165) is 19.4 Å². The maximum Gasteiger partial charge on any atom is 0.255 e. The van der Waals surface area contributed by atoms with E-state index in [-0.39, 0.29) is 11.9 Å². The molecule has 0 spiro atoms. The van der Waals surface area contributed by atoms with Crippen molar-refractivity contribution in [2.45, 2.75) is 25.8 Å². The number of anilines is 1. The monoisotopic (exact) mass is 264 g/mol. The van der Waals surface area contributed by atoms with E-state index in [1.807, 2.05) is 6.92 Å². The highest BCUT2D eigenvalue weighted by atomic mass is 16.5. The average molecular weight is 264 g/mol. The van der Waals surface area contributed by atoms with Gasteiger partial charge < -0.3 is 20.5 Å². The molecular weight excluding hydrogens is 244 g/mol. The molecule has 0 radical (unpaired) electrons. The molecule has 1 aromatic carbocycles. The molecule has 1 aliphatic heterocycles. The number of carbonyl (C=O) groups is 1. The van der Waals surface area contributed by atoms with E-state index in [9.17, 15) is 4.79 Å². The lowest BCUT2D eigenvalue weighted by molar-refractivity contribution is 0.0622. The minimum absolute atomic E-state index is 0.0668. The molecule has 104 valence electrons. The minimum Gasteiger partial charge on any atom is -0.491 e. The summed E-state index contributed by atoms with van der Waals surface area (Å²) >= 11 is 0. The van der Waals surface area contributed by atoms with Gasteiger partial charge in [-0.15, -0.1) is 0 Å². The number of amides is 1. The standard InChI is InChI=1S/C14H20N2O3/c1-2-19-13-11(6-3-7-12(13)15)14(17)16-10-5-4-8-18-9-10/h3,6-7,10H,2,4-5,8-9,15H2,1H3,(H,16,17). The van der Waals surface area contributed by atoms with Gasteiger partial charge in [0.1, 0.15) is 0 Å². The Kier molecular flexibility index (Phi) is 4.63. The first kappa shape index (κ1) is 13.7. The van der Waals surface area contributed by atoms with Crippen LogP contribution < -0.4 is 15.8 Å². The van der Waals surface area contributed by atoms with Gasteiger partial charge in [0.15, 0.2) is 5.75 Å².